The smallest absolute Gasteiger partial charge is 0.163 e. The molecule has 2 heterocycles. The van der Waals surface area contributed by atoms with Gasteiger partial charge in [-0.05, 0) is 37.6 Å². The number of anilines is 2. The van der Waals surface area contributed by atoms with E-state index >= 15 is 0 Å². The number of aromatic nitrogens is 1. The van der Waals surface area contributed by atoms with Crippen LogP contribution in [0.2, 0.25) is 0 Å². The molecule has 4 nitrogen and oxygen atoms in total. The van der Waals surface area contributed by atoms with Gasteiger partial charge < -0.3 is 14.8 Å². The highest BCUT2D eigenvalue weighted by Gasteiger charge is 2.12. The van der Waals surface area contributed by atoms with E-state index in [0.29, 0.717) is 13.2 Å². The van der Waals surface area contributed by atoms with Crippen molar-refractivity contribution in [1.82, 2.24) is 4.98 Å². The van der Waals surface area contributed by atoms with Gasteiger partial charge in [-0.25, -0.2) is 0 Å². The maximum absolute atomic E-state index is 5.65. The third-order valence-corrected chi connectivity index (χ3v) is 3.99. The molecule has 3 aromatic rings. The summed E-state index contributed by atoms with van der Waals surface area (Å²) in [5, 5.41) is 4.61. The Morgan fingerprint density at radius 1 is 0.958 bits per heavy atom. The maximum atomic E-state index is 5.65. The number of aryl methyl sites for hydroxylation is 2. The quantitative estimate of drug-likeness (QED) is 0.727. The zero-order valence-electron chi connectivity index (χ0n) is 13.6. The third-order valence-electron chi connectivity index (χ3n) is 3.99. The molecule has 2 aromatic carbocycles. The average molecular weight is 343 g/mol. The lowest BCUT2D eigenvalue weighted by atomic mass is 10.1. The van der Waals surface area contributed by atoms with Gasteiger partial charge in [0.1, 0.15) is 13.2 Å². The molecule has 0 bridgehead atoms. The topological polar surface area (TPSA) is 43.4 Å². The number of fused-ring (bicyclic) bond motifs is 2. The van der Waals surface area contributed by atoms with Gasteiger partial charge in [0.15, 0.2) is 11.5 Å². The molecule has 124 valence electrons. The molecule has 1 N–H and O–H groups in total. The summed E-state index contributed by atoms with van der Waals surface area (Å²) in [4.78, 5) is 4.66. The van der Waals surface area contributed by atoms with Crippen molar-refractivity contribution in [3.8, 4) is 11.5 Å². The molecule has 5 heteroatoms. The van der Waals surface area contributed by atoms with Crippen LogP contribution in [-0.4, -0.2) is 18.2 Å². The molecule has 0 atom stereocenters. The molecule has 0 radical (unpaired) electrons. The van der Waals surface area contributed by atoms with E-state index in [1.54, 1.807) is 0 Å². The average Bonchev–Trinajstić information content (AvgIpc) is 2.56. The van der Waals surface area contributed by atoms with E-state index in [0.717, 1.165) is 39.5 Å². The molecule has 0 spiro atoms. The number of para-hydroxylation sites is 1. The molecule has 0 saturated heterocycles. The predicted octanol–water partition coefficient (Wildman–Crippen LogP) is 4.79. The molecule has 1 aliphatic heterocycles. The fourth-order valence-corrected chi connectivity index (χ4v) is 2.90. The first kappa shape index (κ1) is 16.4. The van der Waals surface area contributed by atoms with E-state index in [1.807, 2.05) is 25.1 Å². The number of ether oxygens (including phenoxy) is 2. The summed E-state index contributed by atoms with van der Waals surface area (Å²) in [5.74, 6) is 1.58. The summed E-state index contributed by atoms with van der Waals surface area (Å²) in [5.41, 5.74) is 5.23. The van der Waals surface area contributed by atoms with Crippen molar-refractivity contribution in [2.45, 2.75) is 13.8 Å². The molecule has 0 saturated carbocycles. The summed E-state index contributed by atoms with van der Waals surface area (Å²) in [6.45, 7) is 5.30. The second kappa shape index (κ2) is 6.57. The van der Waals surface area contributed by atoms with Crippen molar-refractivity contribution in [1.29, 1.82) is 0 Å². The van der Waals surface area contributed by atoms with Crippen LogP contribution in [-0.2, 0) is 0 Å². The summed E-state index contributed by atoms with van der Waals surface area (Å²) in [6, 6.07) is 14.2. The van der Waals surface area contributed by atoms with Gasteiger partial charge in [-0.15, -0.1) is 12.4 Å². The molecule has 24 heavy (non-hydrogen) atoms. The molecule has 1 aliphatic rings. The normalized spacial score (nSPS) is 12.6. The van der Waals surface area contributed by atoms with E-state index in [9.17, 15) is 0 Å². The first-order valence-electron chi connectivity index (χ1n) is 7.74. The van der Waals surface area contributed by atoms with Crippen LogP contribution in [0.5, 0.6) is 11.5 Å². The van der Waals surface area contributed by atoms with Crippen LogP contribution >= 0.6 is 12.4 Å². The van der Waals surface area contributed by atoms with Crippen LogP contribution in [0, 0.1) is 13.8 Å². The Morgan fingerprint density at radius 2 is 1.75 bits per heavy atom. The molecular formula is C19H19ClN2O2. The Bertz CT molecular complexity index is 896. The van der Waals surface area contributed by atoms with Crippen LogP contribution in [0.3, 0.4) is 0 Å². The predicted molar refractivity (Wildman–Crippen MR) is 99.2 cm³/mol. The summed E-state index contributed by atoms with van der Waals surface area (Å²) < 4.78 is 11.2. The van der Waals surface area contributed by atoms with Crippen LogP contribution in [0.4, 0.5) is 11.4 Å². The zero-order valence-corrected chi connectivity index (χ0v) is 14.4. The minimum atomic E-state index is 0. The van der Waals surface area contributed by atoms with Gasteiger partial charge in [-0.3, -0.25) is 4.98 Å². The summed E-state index contributed by atoms with van der Waals surface area (Å²) >= 11 is 0. The molecule has 0 aliphatic carbocycles. The summed E-state index contributed by atoms with van der Waals surface area (Å²) in [6.07, 6.45) is 0. The van der Waals surface area contributed by atoms with Crippen LogP contribution < -0.4 is 14.8 Å². The second-order valence-electron chi connectivity index (χ2n) is 5.77. The lowest BCUT2D eigenvalue weighted by molar-refractivity contribution is 0.171. The van der Waals surface area contributed by atoms with Crippen molar-refractivity contribution < 1.29 is 9.47 Å². The molecule has 4 rings (SSSR count). The number of hydrogen-bond acceptors (Lipinski definition) is 4. The molecule has 0 fully saturated rings. The monoisotopic (exact) mass is 342 g/mol. The Labute approximate surface area is 147 Å². The van der Waals surface area contributed by atoms with Crippen LogP contribution in [0.1, 0.15) is 11.3 Å². The van der Waals surface area contributed by atoms with E-state index in [1.165, 1.54) is 5.56 Å². The van der Waals surface area contributed by atoms with E-state index in [2.05, 4.69) is 41.5 Å². The first-order chi connectivity index (χ1) is 11.2. The van der Waals surface area contributed by atoms with Crippen LogP contribution in [0.25, 0.3) is 10.9 Å². The van der Waals surface area contributed by atoms with Crippen molar-refractivity contribution in [2.75, 3.05) is 18.5 Å². The highest BCUT2D eigenvalue weighted by atomic mass is 35.5. The SMILES string of the molecule is Cc1cc(Nc2ccc3c(c2)OCCO3)c2cccc(C)c2n1.Cl. The van der Waals surface area contributed by atoms with Gasteiger partial charge in [0, 0.05) is 28.5 Å². The number of benzene rings is 2. The molecule has 0 amide bonds. The van der Waals surface area contributed by atoms with Crippen molar-refractivity contribution >= 4 is 34.7 Å². The maximum Gasteiger partial charge on any atom is 0.163 e. The highest BCUT2D eigenvalue weighted by Crippen LogP contribution is 2.35. The van der Waals surface area contributed by atoms with Gasteiger partial charge in [0.25, 0.3) is 0 Å². The number of rotatable bonds is 2. The number of pyridine rings is 1. The van der Waals surface area contributed by atoms with Gasteiger partial charge in [0.05, 0.1) is 5.52 Å². The van der Waals surface area contributed by atoms with Crippen molar-refractivity contribution in [3.05, 3.63) is 53.7 Å². The zero-order chi connectivity index (χ0) is 15.8. The fraction of sp³-hybridized carbons (Fsp3) is 0.211. The molecule has 1 aromatic heterocycles. The van der Waals surface area contributed by atoms with Gasteiger partial charge >= 0.3 is 0 Å². The number of hydrogen-bond donors (Lipinski definition) is 1. The van der Waals surface area contributed by atoms with Crippen molar-refractivity contribution in [2.24, 2.45) is 0 Å². The summed E-state index contributed by atoms with van der Waals surface area (Å²) in [7, 11) is 0. The van der Waals surface area contributed by atoms with E-state index < -0.39 is 0 Å². The Balaban J connectivity index is 0.00000169. The van der Waals surface area contributed by atoms with E-state index in [-0.39, 0.29) is 12.4 Å². The van der Waals surface area contributed by atoms with Gasteiger partial charge in [0.2, 0.25) is 0 Å². The minimum Gasteiger partial charge on any atom is -0.486 e. The largest absolute Gasteiger partial charge is 0.486 e. The standard InChI is InChI=1S/C19H18N2O2.ClH/c1-12-4-3-5-15-16(10-13(2)20-19(12)15)21-14-6-7-17-18(11-14)23-9-8-22-17;/h3-7,10-11H,8-9H2,1-2H3,(H,20,21);1H. The Morgan fingerprint density at radius 3 is 2.58 bits per heavy atom. The highest BCUT2D eigenvalue weighted by molar-refractivity contribution is 5.95. The van der Waals surface area contributed by atoms with Gasteiger partial charge in [-0.1, -0.05) is 18.2 Å². The lowest BCUT2D eigenvalue weighted by Crippen LogP contribution is -2.15. The number of nitrogens with zero attached hydrogens (tertiary/aromatic N) is 1. The van der Waals surface area contributed by atoms with E-state index in [4.69, 9.17) is 9.47 Å². The van der Waals surface area contributed by atoms with Crippen molar-refractivity contribution in [3.63, 3.8) is 0 Å². The fourth-order valence-electron chi connectivity index (χ4n) is 2.90. The number of halogens is 1. The van der Waals surface area contributed by atoms with Gasteiger partial charge in [-0.2, -0.15) is 0 Å². The Kier molecular flexibility index (Phi) is 4.49. The third kappa shape index (κ3) is 2.97. The number of nitrogens with one attached hydrogen (secondary N) is 1. The Hall–Kier alpha value is -2.46. The molecule has 0 unspecified atom stereocenters. The lowest BCUT2D eigenvalue weighted by Gasteiger charge is -2.19. The molecular weight excluding hydrogens is 324 g/mol. The first-order valence-corrected chi connectivity index (χ1v) is 7.74. The minimum absolute atomic E-state index is 0. The van der Waals surface area contributed by atoms with Crippen LogP contribution in [0.15, 0.2) is 42.5 Å². The second-order valence-corrected chi connectivity index (χ2v) is 5.77.